The number of nitrogens with zero attached hydrogens (tertiary/aromatic N) is 2. The average Bonchev–Trinajstić information content (AvgIpc) is 3.04. The fourth-order valence-corrected chi connectivity index (χ4v) is 3.21. The van der Waals surface area contributed by atoms with Crippen molar-refractivity contribution in [2.75, 3.05) is 13.2 Å². The number of aromatic nitrogens is 1. The molecule has 1 amide bonds. The number of ether oxygens (including phenoxy) is 1. The Morgan fingerprint density at radius 1 is 1.45 bits per heavy atom. The normalized spacial score (nSPS) is 21.8. The minimum Gasteiger partial charge on any atom is -0.370 e. The van der Waals surface area contributed by atoms with Gasteiger partial charge < -0.3 is 15.4 Å². The van der Waals surface area contributed by atoms with Crippen LogP contribution < -0.4 is 5.73 Å². The summed E-state index contributed by atoms with van der Waals surface area (Å²) in [6.45, 7) is 3.43. The minimum atomic E-state index is -0.0889. The van der Waals surface area contributed by atoms with E-state index in [9.17, 15) is 4.79 Å². The van der Waals surface area contributed by atoms with Crippen LogP contribution in [0.1, 0.15) is 34.1 Å². The second-order valence-corrected chi connectivity index (χ2v) is 6.31. The predicted molar refractivity (Wildman–Crippen MR) is 85.6 cm³/mol. The van der Waals surface area contributed by atoms with E-state index >= 15 is 0 Å². The molecule has 0 bridgehead atoms. The number of carbonyl (C=O) groups is 1. The Hall–Kier alpha value is -1.76. The summed E-state index contributed by atoms with van der Waals surface area (Å²) in [6, 6.07) is 10.0. The molecule has 2 aromatic rings. The molecular formula is C16H19N3O2S. The van der Waals surface area contributed by atoms with Gasteiger partial charge in [-0.1, -0.05) is 30.3 Å². The fourth-order valence-electron chi connectivity index (χ4n) is 2.56. The molecule has 2 heterocycles. The molecule has 2 unspecified atom stereocenters. The van der Waals surface area contributed by atoms with Crippen LogP contribution in [0.4, 0.5) is 0 Å². The first-order chi connectivity index (χ1) is 10.7. The third-order valence-electron chi connectivity index (χ3n) is 3.81. The monoisotopic (exact) mass is 317 g/mol. The van der Waals surface area contributed by atoms with E-state index in [0.717, 1.165) is 10.6 Å². The van der Waals surface area contributed by atoms with Gasteiger partial charge in [-0.15, -0.1) is 11.3 Å². The third kappa shape index (κ3) is 3.04. The van der Waals surface area contributed by atoms with E-state index in [1.165, 1.54) is 11.3 Å². The van der Waals surface area contributed by atoms with Gasteiger partial charge >= 0.3 is 0 Å². The van der Waals surface area contributed by atoms with Crippen LogP contribution >= 0.6 is 11.3 Å². The molecule has 1 aromatic heterocycles. The van der Waals surface area contributed by atoms with E-state index in [0.29, 0.717) is 25.4 Å². The van der Waals surface area contributed by atoms with Crippen molar-refractivity contribution < 1.29 is 9.53 Å². The van der Waals surface area contributed by atoms with Crippen LogP contribution in [-0.2, 0) is 11.3 Å². The quantitative estimate of drug-likeness (QED) is 0.942. The average molecular weight is 317 g/mol. The summed E-state index contributed by atoms with van der Waals surface area (Å²) in [5.41, 5.74) is 7.14. The van der Waals surface area contributed by atoms with Gasteiger partial charge in [0, 0.05) is 11.9 Å². The maximum atomic E-state index is 12.7. The van der Waals surface area contributed by atoms with Gasteiger partial charge in [-0.3, -0.25) is 4.79 Å². The van der Waals surface area contributed by atoms with Crippen LogP contribution in [0.3, 0.4) is 0 Å². The highest BCUT2D eigenvalue weighted by molar-refractivity contribution is 7.09. The Bertz CT molecular complexity index is 644. The molecule has 22 heavy (non-hydrogen) atoms. The van der Waals surface area contributed by atoms with Gasteiger partial charge in [-0.05, 0) is 12.5 Å². The van der Waals surface area contributed by atoms with E-state index in [-0.39, 0.29) is 18.1 Å². The van der Waals surface area contributed by atoms with Crippen molar-refractivity contribution in [3.63, 3.8) is 0 Å². The molecular weight excluding hydrogens is 298 g/mol. The zero-order valence-electron chi connectivity index (χ0n) is 12.4. The Labute approximate surface area is 133 Å². The molecule has 1 fully saturated rings. The molecule has 0 spiro atoms. The van der Waals surface area contributed by atoms with Gasteiger partial charge in [-0.2, -0.15) is 0 Å². The molecule has 5 nitrogen and oxygen atoms in total. The molecule has 0 aliphatic carbocycles. The number of morpholine rings is 1. The second kappa shape index (κ2) is 6.56. The van der Waals surface area contributed by atoms with Crippen molar-refractivity contribution in [3.8, 4) is 0 Å². The molecule has 2 N–H and O–H groups in total. The number of amides is 1. The topological polar surface area (TPSA) is 68.5 Å². The van der Waals surface area contributed by atoms with Crippen molar-refractivity contribution in [2.24, 2.45) is 5.73 Å². The van der Waals surface area contributed by atoms with E-state index in [1.54, 1.807) is 5.38 Å². The SMILES string of the molecule is CC1COC(c2ccccc2)CN1C(=O)c1csc(CN)n1. The molecule has 1 aromatic carbocycles. The maximum absolute atomic E-state index is 12.7. The van der Waals surface area contributed by atoms with Gasteiger partial charge in [-0.25, -0.2) is 4.98 Å². The standard InChI is InChI=1S/C16H19N3O2S/c1-11-9-21-14(12-5-3-2-4-6-12)8-19(11)16(20)13-10-22-15(7-17)18-13/h2-6,10-11,14H,7-9,17H2,1H3. The molecule has 0 radical (unpaired) electrons. The van der Waals surface area contributed by atoms with Crippen molar-refractivity contribution in [1.82, 2.24) is 9.88 Å². The van der Waals surface area contributed by atoms with Gasteiger partial charge in [0.15, 0.2) is 0 Å². The molecule has 0 saturated carbocycles. The smallest absolute Gasteiger partial charge is 0.273 e. The van der Waals surface area contributed by atoms with Crippen LogP contribution in [0.5, 0.6) is 0 Å². The highest BCUT2D eigenvalue weighted by Crippen LogP contribution is 2.26. The minimum absolute atomic E-state index is 0.0375. The highest BCUT2D eigenvalue weighted by atomic mass is 32.1. The van der Waals surface area contributed by atoms with Gasteiger partial charge in [0.25, 0.3) is 5.91 Å². The maximum Gasteiger partial charge on any atom is 0.273 e. The lowest BCUT2D eigenvalue weighted by Gasteiger charge is -2.37. The van der Waals surface area contributed by atoms with E-state index < -0.39 is 0 Å². The number of carbonyl (C=O) groups excluding carboxylic acids is 1. The largest absolute Gasteiger partial charge is 0.370 e. The first-order valence-corrected chi connectivity index (χ1v) is 8.19. The van der Waals surface area contributed by atoms with E-state index in [2.05, 4.69) is 4.98 Å². The zero-order chi connectivity index (χ0) is 15.5. The number of hydrogen-bond donors (Lipinski definition) is 1. The van der Waals surface area contributed by atoms with Crippen molar-refractivity contribution in [3.05, 3.63) is 52.0 Å². The summed E-state index contributed by atoms with van der Waals surface area (Å²) in [4.78, 5) is 18.8. The van der Waals surface area contributed by atoms with Crippen LogP contribution in [0, 0.1) is 0 Å². The zero-order valence-corrected chi connectivity index (χ0v) is 13.3. The number of rotatable bonds is 3. The number of hydrogen-bond acceptors (Lipinski definition) is 5. The lowest BCUT2D eigenvalue weighted by molar-refractivity contribution is -0.0488. The van der Waals surface area contributed by atoms with Crippen LogP contribution in [-0.4, -0.2) is 35.0 Å². The second-order valence-electron chi connectivity index (χ2n) is 5.37. The summed E-state index contributed by atoms with van der Waals surface area (Å²) in [5, 5.41) is 2.56. The molecule has 2 atom stereocenters. The predicted octanol–water partition coefficient (Wildman–Crippen LogP) is 2.20. The first kappa shape index (κ1) is 15.1. The third-order valence-corrected chi connectivity index (χ3v) is 4.68. The highest BCUT2D eigenvalue weighted by Gasteiger charge is 2.31. The lowest BCUT2D eigenvalue weighted by atomic mass is 10.1. The molecule has 1 aliphatic heterocycles. The van der Waals surface area contributed by atoms with Crippen molar-refractivity contribution >= 4 is 17.2 Å². The number of benzene rings is 1. The molecule has 6 heteroatoms. The van der Waals surface area contributed by atoms with Gasteiger partial charge in [0.2, 0.25) is 0 Å². The fraction of sp³-hybridized carbons (Fsp3) is 0.375. The molecule has 116 valence electrons. The van der Waals surface area contributed by atoms with E-state index in [4.69, 9.17) is 10.5 Å². The van der Waals surface area contributed by atoms with Gasteiger partial charge in [0.1, 0.15) is 16.8 Å². The Morgan fingerprint density at radius 3 is 2.91 bits per heavy atom. The summed E-state index contributed by atoms with van der Waals surface area (Å²) in [7, 11) is 0. The number of thiazole rings is 1. The molecule has 1 aliphatic rings. The van der Waals surface area contributed by atoms with Crippen LogP contribution in [0.25, 0.3) is 0 Å². The Balaban J connectivity index is 1.78. The number of nitrogens with two attached hydrogens (primary N) is 1. The summed E-state index contributed by atoms with van der Waals surface area (Å²) >= 11 is 1.43. The molecule has 3 rings (SSSR count). The van der Waals surface area contributed by atoms with Crippen molar-refractivity contribution in [2.45, 2.75) is 25.6 Å². The van der Waals surface area contributed by atoms with Gasteiger partial charge in [0.05, 0.1) is 19.2 Å². The molecule has 1 saturated heterocycles. The Kier molecular flexibility index (Phi) is 4.52. The van der Waals surface area contributed by atoms with Crippen LogP contribution in [0.15, 0.2) is 35.7 Å². The summed E-state index contributed by atoms with van der Waals surface area (Å²) < 4.78 is 5.89. The first-order valence-electron chi connectivity index (χ1n) is 7.31. The summed E-state index contributed by atoms with van der Waals surface area (Å²) in [6.07, 6.45) is -0.0889. The van der Waals surface area contributed by atoms with Crippen molar-refractivity contribution in [1.29, 1.82) is 0 Å². The summed E-state index contributed by atoms with van der Waals surface area (Å²) in [5.74, 6) is -0.0484. The van der Waals surface area contributed by atoms with Crippen LogP contribution in [0.2, 0.25) is 0 Å². The van der Waals surface area contributed by atoms with E-state index in [1.807, 2.05) is 42.2 Å². The Morgan fingerprint density at radius 2 is 2.23 bits per heavy atom. The lowest BCUT2D eigenvalue weighted by Crippen LogP contribution is -2.48.